The van der Waals surface area contributed by atoms with Crippen LogP contribution >= 0.6 is 0 Å². The van der Waals surface area contributed by atoms with Gasteiger partial charge in [-0.15, -0.1) is 0 Å². The molecule has 39 heavy (non-hydrogen) atoms. The van der Waals surface area contributed by atoms with E-state index in [-0.39, 0.29) is 24.7 Å². The highest BCUT2D eigenvalue weighted by Gasteiger charge is 2.19. The molecule has 9 heteroatoms. The van der Waals surface area contributed by atoms with Gasteiger partial charge in [-0.1, -0.05) is 30.3 Å². The molecule has 0 aliphatic heterocycles. The molecule has 2 aromatic carbocycles. The van der Waals surface area contributed by atoms with Crippen LogP contribution in [0, 0.1) is 0 Å². The Morgan fingerprint density at radius 2 is 1.72 bits per heavy atom. The van der Waals surface area contributed by atoms with Gasteiger partial charge >= 0.3 is 5.97 Å². The van der Waals surface area contributed by atoms with Crippen molar-refractivity contribution in [3.63, 3.8) is 0 Å². The molecule has 0 aliphatic rings. The molecule has 1 heterocycles. The summed E-state index contributed by atoms with van der Waals surface area (Å²) >= 11 is 0. The highest BCUT2D eigenvalue weighted by molar-refractivity contribution is 7.88. The normalized spacial score (nSPS) is 12.0. The second-order valence-electron chi connectivity index (χ2n) is 10.7. The number of phenols is 1. The van der Waals surface area contributed by atoms with E-state index in [4.69, 9.17) is 9.72 Å². The minimum absolute atomic E-state index is 0.237. The van der Waals surface area contributed by atoms with Crippen molar-refractivity contribution in [3.05, 3.63) is 77.7 Å². The van der Waals surface area contributed by atoms with Crippen molar-refractivity contribution in [2.45, 2.75) is 71.4 Å². The van der Waals surface area contributed by atoms with Gasteiger partial charge < -0.3 is 9.84 Å². The van der Waals surface area contributed by atoms with E-state index < -0.39 is 15.6 Å². The maximum absolute atomic E-state index is 12.5. The number of sulfonamides is 1. The van der Waals surface area contributed by atoms with E-state index >= 15 is 0 Å². The topological polar surface area (TPSA) is 110 Å². The Balaban J connectivity index is 1.60. The number of rotatable bonds is 13. The van der Waals surface area contributed by atoms with E-state index in [1.54, 1.807) is 18.3 Å². The Morgan fingerprint density at radius 1 is 0.974 bits per heavy atom. The number of benzene rings is 2. The molecule has 210 valence electrons. The number of phenolic OH excluding ortho intramolecular Hbond substituents is 1. The van der Waals surface area contributed by atoms with Gasteiger partial charge in [-0.25, -0.2) is 18.4 Å². The lowest BCUT2D eigenvalue weighted by Gasteiger charge is -2.21. The molecule has 3 rings (SSSR count). The van der Waals surface area contributed by atoms with Gasteiger partial charge in [0.25, 0.3) is 0 Å². The Kier molecular flexibility index (Phi) is 10.6. The van der Waals surface area contributed by atoms with E-state index in [0.29, 0.717) is 25.8 Å². The van der Waals surface area contributed by atoms with E-state index in [1.165, 1.54) is 10.6 Å². The van der Waals surface area contributed by atoms with Crippen LogP contribution in [-0.4, -0.2) is 52.2 Å². The first-order valence-corrected chi connectivity index (χ1v) is 15.1. The Bertz CT molecular complexity index is 1350. The molecule has 0 radical (unpaired) electrons. The first-order chi connectivity index (χ1) is 18.4. The summed E-state index contributed by atoms with van der Waals surface area (Å²) in [5.74, 6) is 0.728. The van der Waals surface area contributed by atoms with Crippen LogP contribution in [0.2, 0.25) is 0 Å². The van der Waals surface area contributed by atoms with E-state index in [9.17, 15) is 18.3 Å². The maximum Gasteiger partial charge on any atom is 0.306 e. The molecular weight excluding hydrogens is 514 g/mol. The first-order valence-electron chi connectivity index (χ1n) is 13.3. The van der Waals surface area contributed by atoms with Gasteiger partial charge in [0.15, 0.2) is 0 Å². The number of hydrogen-bond acceptors (Lipinski definition) is 7. The number of carbonyl (C=O) groups is 1. The summed E-state index contributed by atoms with van der Waals surface area (Å²) in [6, 6.07) is 16.8. The number of aromatic hydroxyl groups is 1. The average molecular weight is 554 g/mol. The van der Waals surface area contributed by atoms with Crippen molar-refractivity contribution in [2.75, 3.05) is 12.8 Å². The van der Waals surface area contributed by atoms with Crippen LogP contribution in [0.15, 0.2) is 60.8 Å². The number of carbonyl (C=O) groups excluding carboxylic acids is 1. The first kappa shape index (κ1) is 30.2. The van der Waals surface area contributed by atoms with Crippen LogP contribution in [0.25, 0.3) is 11.3 Å². The average Bonchev–Trinajstić information content (AvgIpc) is 2.85. The minimum atomic E-state index is -3.44. The molecule has 0 saturated carbocycles. The lowest BCUT2D eigenvalue weighted by Crippen LogP contribution is -2.30. The third-order valence-electron chi connectivity index (χ3n) is 5.99. The minimum Gasteiger partial charge on any atom is -0.508 e. The van der Waals surface area contributed by atoms with Crippen molar-refractivity contribution in [1.82, 2.24) is 14.3 Å². The summed E-state index contributed by atoms with van der Waals surface area (Å²) in [5, 5.41) is 9.64. The standard InChI is InChI=1S/C30H39N3O5S/c1-30(2,3)38-29(35)16-5-6-19-33(39(4,36)37)22-24-12-7-13-25(20-24)27-17-18-31-28(32-27)15-9-11-23-10-8-14-26(34)21-23/h7-8,10,12-14,17-18,20-21,34H,5-6,9,11,15-16,19,22H2,1-4H3. The number of aromatic nitrogens is 2. The van der Waals surface area contributed by atoms with Gasteiger partial charge in [0.1, 0.15) is 17.2 Å². The fourth-order valence-corrected chi connectivity index (χ4v) is 5.03. The van der Waals surface area contributed by atoms with Gasteiger partial charge in [-0.2, -0.15) is 4.31 Å². The Morgan fingerprint density at radius 3 is 2.44 bits per heavy atom. The molecule has 1 aromatic heterocycles. The largest absolute Gasteiger partial charge is 0.508 e. The zero-order chi connectivity index (χ0) is 28.5. The lowest BCUT2D eigenvalue weighted by atomic mass is 10.1. The van der Waals surface area contributed by atoms with E-state index in [2.05, 4.69) is 4.98 Å². The van der Waals surface area contributed by atoms with Gasteiger partial charge in [0, 0.05) is 37.7 Å². The molecule has 8 nitrogen and oxygen atoms in total. The van der Waals surface area contributed by atoms with Crippen LogP contribution in [0.3, 0.4) is 0 Å². The second kappa shape index (κ2) is 13.7. The predicted octanol–water partition coefficient (Wildman–Crippen LogP) is 5.30. The maximum atomic E-state index is 12.5. The molecular formula is C30H39N3O5S. The summed E-state index contributed by atoms with van der Waals surface area (Å²) < 4.78 is 31.7. The molecule has 0 atom stereocenters. The number of aryl methyl sites for hydroxylation is 2. The van der Waals surface area contributed by atoms with Crippen LogP contribution in [0.5, 0.6) is 5.75 Å². The third-order valence-corrected chi connectivity index (χ3v) is 7.24. The SMILES string of the molecule is CC(C)(C)OC(=O)CCCCN(Cc1cccc(-c2ccnc(CCCc3cccc(O)c3)n2)c1)S(C)(=O)=O. The van der Waals surface area contributed by atoms with Gasteiger partial charge in [-0.05, 0) is 81.8 Å². The summed E-state index contributed by atoms with van der Waals surface area (Å²) in [7, 11) is -3.44. The summed E-state index contributed by atoms with van der Waals surface area (Å²) in [4.78, 5) is 21.1. The number of nitrogens with zero attached hydrogens (tertiary/aromatic N) is 3. The molecule has 0 spiro atoms. The molecule has 0 amide bonds. The van der Waals surface area contributed by atoms with Crippen LogP contribution in [0.1, 0.15) is 63.4 Å². The van der Waals surface area contributed by atoms with Crippen molar-refractivity contribution >= 4 is 16.0 Å². The van der Waals surface area contributed by atoms with E-state index in [0.717, 1.165) is 41.1 Å². The molecule has 0 aliphatic carbocycles. The van der Waals surface area contributed by atoms with E-state index in [1.807, 2.05) is 63.2 Å². The van der Waals surface area contributed by atoms with Crippen molar-refractivity contribution in [1.29, 1.82) is 0 Å². The van der Waals surface area contributed by atoms with Crippen LogP contribution in [-0.2, 0) is 38.9 Å². The zero-order valence-corrected chi connectivity index (χ0v) is 24.1. The summed E-state index contributed by atoms with van der Waals surface area (Å²) in [6.45, 7) is 6.03. The highest BCUT2D eigenvalue weighted by Crippen LogP contribution is 2.21. The quantitative estimate of drug-likeness (QED) is 0.226. The summed E-state index contributed by atoms with van der Waals surface area (Å²) in [6.07, 6.45) is 6.69. The van der Waals surface area contributed by atoms with Crippen molar-refractivity contribution in [3.8, 4) is 17.0 Å². The van der Waals surface area contributed by atoms with Crippen LogP contribution < -0.4 is 0 Å². The molecule has 3 aromatic rings. The highest BCUT2D eigenvalue weighted by atomic mass is 32.2. The van der Waals surface area contributed by atoms with Gasteiger partial charge in [0.2, 0.25) is 10.0 Å². The second-order valence-corrected chi connectivity index (χ2v) is 12.7. The molecule has 0 unspecified atom stereocenters. The molecule has 1 N–H and O–H groups in total. The smallest absolute Gasteiger partial charge is 0.306 e. The number of ether oxygens (including phenoxy) is 1. The molecule has 0 bridgehead atoms. The van der Waals surface area contributed by atoms with Gasteiger partial charge in [-0.3, -0.25) is 4.79 Å². The fourth-order valence-electron chi connectivity index (χ4n) is 4.19. The lowest BCUT2D eigenvalue weighted by molar-refractivity contribution is -0.154. The summed E-state index contributed by atoms with van der Waals surface area (Å²) in [5.41, 5.74) is 3.07. The molecule has 0 saturated heterocycles. The monoisotopic (exact) mass is 553 g/mol. The fraction of sp³-hybridized carbons (Fsp3) is 0.433. The Hall–Kier alpha value is -3.30. The van der Waals surface area contributed by atoms with Crippen molar-refractivity contribution in [2.24, 2.45) is 0 Å². The third kappa shape index (κ3) is 10.8. The number of unbranched alkanes of at least 4 members (excludes halogenated alkanes) is 1. The zero-order valence-electron chi connectivity index (χ0n) is 23.3. The predicted molar refractivity (Wildman–Crippen MR) is 153 cm³/mol. The number of esters is 1. The molecule has 0 fully saturated rings. The van der Waals surface area contributed by atoms with Crippen molar-refractivity contribution < 1.29 is 23.1 Å². The van der Waals surface area contributed by atoms with Crippen LogP contribution in [0.4, 0.5) is 0 Å². The Labute approximate surface area is 232 Å². The van der Waals surface area contributed by atoms with Gasteiger partial charge in [0.05, 0.1) is 11.9 Å². The number of hydrogen-bond donors (Lipinski definition) is 1.